The average molecular weight is 407 g/mol. The van der Waals surface area contributed by atoms with Crippen LogP contribution in [-0.4, -0.2) is 26.2 Å². The van der Waals surface area contributed by atoms with E-state index in [9.17, 15) is 9.59 Å². The molecule has 0 bridgehead atoms. The summed E-state index contributed by atoms with van der Waals surface area (Å²) in [6.45, 7) is 6.54. The number of carbonyl (C=O) groups excluding carboxylic acids is 2. The Morgan fingerprint density at radius 1 is 0.867 bits per heavy atom. The lowest BCUT2D eigenvalue weighted by Gasteiger charge is -2.35. The highest BCUT2D eigenvalue weighted by Gasteiger charge is 2.49. The minimum atomic E-state index is -0.963. The topological polar surface area (TPSA) is 52.6 Å². The maximum Gasteiger partial charge on any atom is 0.320 e. The molecule has 158 valence electrons. The molecule has 0 heterocycles. The molecule has 0 radical (unpaired) electrons. The van der Waals surface area contributed by atoms with E-state index in [2.05, 4.69) is 69.3 Å². The monoisotopic (exact) mass is 406 g/mol. The normalized spacial score (nSPS) is 20.3. The van der Waals surface area contributed by atoms with Crippen LogP contribution in [0.15, 0.2) is 71.8 Å². The van der Waals surface area contributed by atoms with Crippen LogP contribution in [0.5, 0.6) is 0 Å². The first-order chi connectivity index (χ1) is 14.3. The van der Waals surface area contributed by atoms with Crippen molar-refractivity contribution in [1.82, 2.24) is 0 Å². The molecule has 0 unspecified atom stereocenters. The lowest BCUT2D eigenvalue weighted by atomic mass is 9.68. The zero-order valence-electron chi connectivity index (χ0n) is 18.3. The maximum atomic E-state index is 12.4. The second-order valence-corrected chi connectivity index (χ2v) is 8.46. The number of hydrogen-bond donors (Lipinski definition) is 0. The van der Waals surface area contributed by atoms with Gasteiger partial charge in [-0.2, -0.15) is 0 Å². The molecular weight excluding hydrogens is 376 g/mol. The van der Waals surface area contributed by atoms with Crippen LogP contribution in [-0.2, 0) is 19.1 Å². The zero-order valence-corrected chi connectivity index (χ0v) is 18.3. The molecule has 3 rings (SSSR count). The van der Waals surface area contributed by atoms with Crippen LogP contribution in [0.1, 0.15) is 50.2 Å². The Hall–Kier alpha value is -2.88. The van der Waals surface area contributed by atoms with Crippen molar-refractivity contribution >= 4 is 11.9 Å². The van der Waals surface area contributed by atoms with Crippen molar-refractivity contribution in [2.75, 3.05) is 14.2 Å². The Morgan fingerprint density at radius 2 is 1.33 bits per heavy atom. The van der Waals surface area contributed by atoms with Gasteiger partial charge in [0.15, 0.2) is 5.92 Å². The number of methoxy groups -OCH3 is 2. The summed E-state index contributed by atoms with van der Waals surface area (Å²) in [5, 5.41) is 0. The zero-order chi connectivity index (χ0) is 21.9. The summed E-state index contributed by atoms with van der Waals surface area (Å²) in [5.74, 6) is -1.73. The summed E-state index contributed by atoms with van der Waals surface area (Å²) in [4.78, 5) is 24.8. The van der Waals surface area contributed by atoms with E-state index in [0.717, 1.165) is 5.57 Å². The lowest BCUT2D eigenvalue weighted by molar-refractivity contribution is -0.158. The summed E-state index contributed by atoms with van der Waals surface area (Å²) in [7, 11) is 2.61. The van der Waals surface area contributed by atoms with Crippen LogP contribution in [0, 0.1) is 11.3 Å². The first-order valence-electron chi connectivity index (χ1n) is 10.3. The minimum absolute atomic E-state index is 0.162. The van der Waals surface area contributed by atoms with Gasteiger partial charge in [-0.05, 0) is 29.9 Å². The molecule has 30 heavy (non-hydrogen) atoms. The third kappa shape index (κ3) is 3.91. The molecular formula is C26H30O4. The number of esters is 2. The van der Waals surface area contributed by atoms with Gasteiger partial charge in [0.25, 0.3) is 0 Å². The molecule has 4 nitrogen and oxygen atoms in total. The molecule has 0 spiro atoms. The van der Waals surface area contributed by atoms with Gasteiger partial charge in [0, 0.05) is 11.8 Å². The van der Waals surface area contributed by atoms with Crippen molar-refractivity contribution in [3.8, 4) is 0 Å². The molecule has 0 saturated heterocycles. The molecule has 1 aliphatic rings. The minimum Gasteiger partial charge on any atom is -0.468 e. The van der Waals surface area contributed by atoms with Crippen molar-refractivity contribution < 1.29 is 19.1 Å². The van der Waals surface area contributed by atoms with Crippen LogP contribution in [0.3, 0.4) is 0 Å². The second-order valence-electron chi connectivity index (χ2n) is 8.46. The van der Waals surface area contributed by atoms with Crippen LogP contribution >= 0.6 is 0 Å². The largest absolute Gasteiger partial charge is 0.468 e. The predicted molar refractivity (Wildman–Crippen MR) is 117 cm³/mol. The van der Waals surface area contributed by atoms with Crippen LogP contribution in [0.4, 0.5) is 0 Å². The molecule has 0 N–H and O–H groups in total. The fourth-order valence-electron chi connectivity index (χ4n) is 5.10. The third-order valence-corrected chi connectivity index (χ3v) is 6.53. The Bertz CT molecular complexity index is 912. The second kappa shape index (κ2) is 8.86. The van der Waals surface area contributed by atoms with Crippen LogP contribution in [0.2, 0.25) is 0 Å². The van der Waals surface area contributed by atoms with Gasteiger partial charge in [0.2, 0.25) is 0 Å². The molecule has 2 atom stereocenters. The van der Waals surface area contributed by atoms with Gasteiger partial charge in [-0.1, -0.05) is 85.7 Å². The van der Waals surface area contributed by atoms with E-state index < -0.39 is 17.9 Å². The SMILES string of the molecule is COC(=O)C(CC1=C(C)[C@H](c2ccccc2)[C@@H](c2ccccc2)C1(C)C)C(=O)OC. The number of benzene rings is 2. The standard InChI is InChI=1S/C26H30O4/c1-17-21(16-20(24(27)29-4)25(28)30-5)26(2,3)23(19-14-10-7-11-15-19)22(17)18-12-8-6-9-13-18/h6-15,20,22-23H,16H2,1-5H3/t22-,23-/m1/s1. The number of rotatable bonds is 6. The molecule has 4 heteroatoms. The Labute approximate surface area is 178 Å². The fourth-order valence-corrected chi connectivity index (χ4v) is 5.10. The Morgan fingerprint density at radius 3 is 1.80 bits per heavy atom. The summed E-state index contributed by atoms with van der Waals surface area (Å²) in [5.41, 5.74) is 4.55. The van der Waals surface area contributed by atoms with E-state index in [0.29, 0.717) is 6.42 Å². The average Bonchev–Trinajstić information content (AvgIpc) is 2.97. The molecule has 1 aliphatic carbocycles. The Balaban J connectivity index is 2.12. The van der Waals surface area contributed by atoms with Gasteiger partial charge in [-0.3, -0.25) is 9.59 Å². The van der Waals surface area contributed by atoms with Gasteiger partial charge < -0.3 is 9.47 Å². The molecule has 2 aromatic rings. The van der Waals surface area contributed by atoms with Crippen molar-refractivity contribution in [3.63, 3.8) is 0 Å². The van der Waals surface area contributed by atoms with Crippen molar-refractivity contribution in [2.45, 2.75) is 39.0 Å². The van der Waals surface area contributed by atoms with Gasteiger partial charge in [0.1, 0.15) is 0 Å². The first kappa shape index (κ1) is 21.8. The molecule has 2 aromatic carbocycles. The summed E-state index contributed by atoms with van der Waals surface area (Å²) < 4.78 is 9.82. The highest BCUT2D eigenvalue weighted by molar-refractivity contribution is 5.95. The summed E-state index contributed by atoms with van der Waals surface area (Å²) >= 11 is 0. The third-order valence-electron chi connectivity index (χ3n) is 6.53. The summed E-state index contributed by atoms with van der Waals surface area (Å²) in [6.07, 6.45) is 0.296. The predicted octanol–water partition coefficient (Wildman–Crippen LogP) is 5.26. The maximum absolute atomic E-state index is 12.4. The van der Waals surface area contributed by atoms with Gasteiger partial charge >= 0.3 is 11.9 Å². The highest BCUT2D eigenvalue weighted by atomic mass is 16.5. The van der Waals surface area contributed by atoms with E-state index in [1.807, 2.05) is 12.1 Å². The lowest BCUT2D eigenvalue weighted by Crippen LogP contribution is -2.30. The number of allylic oxidation sites excluding steroid dienone is 2. The molecule has 0 fully saturated rings. The van der Waals surface area contributed by atoms with E-state index in [1.165, 1.54) is 30.9 Å². The fraction of sp³-hybridized carbons (Fsp3) is 0.385. The van der Waals surface area contributed by atoms with E-state index in [4.69, 9.17) is 9.47 Å². The van der Waals surface area contributed by atoms with Crippen molar-refractivity contribution in [3.05, 3.63) is 82.9 Å². The quantitative estimate of drug-likeness (QED) is 0.373. The van der Waals surface area contributed by atoms with Crippen molar-refractivity contribution in [2.24, 2.45) is 11.3 Å². The van der Waals surface area contributed by atoms with Crippen LogP contribution in [0.25, 0.3) is 0 Å². The summed E-state index contributed by atoms with van der Waals surface area (Å²) in [6, 6.07) is 20.9. The number of hydrogen-bond acceptors (Lipinski definition) is 4. The number of carbonyl (C=O) groups is 2. The van der Waals surface area contributed by atoms with Gasteiger partial charge in [-0.15, -0.1) is 0 Å². The smallest absolute Gasteiger partial charge is 0.320 e. The highest BCUT2D eigenvalue weighted by Crippen LogP contribution is 2.60. The molecule has 0 saturated carbocycles. The van der Waals surface area contributed by atoms with E-state index in [-0.39, 0.29) is 17.3 Å². The van der Waals surface area contributed by atoms with Crippen LogP contribution < -0.4 is 0 Å². The number of ether oxygens (including phenoxy) is 2. The molecule has 0 aromatic heterocycles. The molecule has 0 aliphatic heterocycles. The molecule has 0 amide bonds. The Kier molecular flexibility index (Phi) is 6.45. The van der Waals surface area contributed by atoms with Crippen molar-refractivity contribution in [1.29, 1.82) is 0 Å². The van der Waals surface area contributed by atoms with Gasteiger partial charge in [-0.25, -0.2) is 0 Å². The van der Waals surface area contributed by atoms with E-state index in [1.54, 1.807) is 0 Å². The van der Waals surface area contributed by atoms with E-state index >= 15 is 0 Å². The first-order valence-corrected chi connectivity index (χ1v) is 10.3. The van der Waals surface area contributed by atoms with Gasteiger partial charge in [0.05, 0.1) is 14.2 Å².